The number of hydrogen-bond donors (Lipinski definition) is 2. The maximum absolute atomic E-state index is 13.0. The number of hydrogen-bond acceptors (Lipinski definition) is 8. The molecule has 4 aromatic rings. The molecule has 3 N–H and O–H groups in total. The first-order valence-corrected chi connectivity index (χ1v) is 15.5. The van der Waals surface area contributed by atoms with Crippen molar-refractivity contribution in [2.75, 3.05) is 25.0 Å². The number of fused-ring (bicyclic) bond motifs is 1. The minimum Gasteiger partial charge on any atom is -0.497 e. The van der Waals surface area contributed by atoms with Crippen LogP contribution in [0.25, 0.3) is 10.2 Å². The highest BCUT2D eigenvalue weighted by molar-refractivity contribution is 7.92. The molecule has 1 amide bonds. The maximum atomic E-state index is 13.0. The SMILES string of the molecule is CCOCCn1c(=NC(=O)c2ccc(NS(=O)(=O)c3ccc(OC)cc3)cc2)sc2cc(S(N)(=O)=O)ccc21. The van der Waals surface area contributed by atoms with Gasteiger partial charge in [0.05, 0.1) is 33.7 Å². The minimum atomic E-state index is -3.90. The molecule has 0 saturated heterocycles. The van der Waals surface area contributed by atoms with E-state index in [1.54, 1.807) is 22.8 Å². The van der Waals surface area contributed by atoms with E-state index in [-0.39, 0.29) is 21.0 Å². The standard InChI is InChI=1S/C25H26N4O7S3/c1-3-36-15-14-29-22-13-12-21(38(26,31)32)16-23(22)37-25(29)27-24(30)17-4-6-18(7-5-17)28-39(33,34)20-10-8-19(35-2)9-11-20/h4-13,16,28H,3,14-15H2,1-2H3,(H2,26,31,32). The van der Waals surface area contributed by atoms with Gasteiger partial charge in [-0.05, 0) is 73.7 Å². The summed E-state index contributed by atoms with van der Waals surface area (Å²) in [7, 11) is -6.26. The fraction of sp³-hybridized carbons (Fsp3) is 0.200. The highest BCUT2D eigenvalue weighted by atomic mass is 32.2. The molecule has 39 heavy (non-hydrogen) atoms. The molecular formula is C25H26N4O7S3. The van der Waals surface area contributed by atoms with Crippen LogP contribution >= 0.6 is 11.3 Å². The maximum Gasteiger partial charge on any atom is 0.279 e. The van der Waals surface area contributed by atoms with Gasteiger partial charge in [-0.15, -0.1) is 0 Å². The summed E-state index contributed by atoms with van der Waals surface area (Å²) >= 11 is 1.15. The predicted molar refractivity (Wildman–Crippen MR) is 148 cm³/mol. The number of aromatic nitrogens is 1. The number of ether oxygens (including phenoxy) is 2. The van der Waals surface area contributed by atoms with E-state index in [0.29, 0.717) is 40.5 Å². The van der Waals surface area contributed by atoms with Crippen molar-refractivity contribution in [1.82, 2.24) is 4.57 Å². The van der Waals surface area contributed by atoms with Crippen molar-refractivity contribution in [2.24, 2.45) is 10.1 Å². The number of primary sulfonamides is 1. The fourth-order valence-corrected chi connectivity index (χ4v) is 6.40. The van der Waals surface area contributed by atoms with E-state index in [4.69, 9.17) is 14.6 Å². The molecule has 1 aromatic heterocycles. The Morgan fingerprint density at radius 1 is 1.00 bits per heavy atom. The average Bonchev–Trinajstić information content (AvgIpc) is 3.24. The van der Waals surface area contributed by atoms with E-state index in [2.05, 4.69) is 9.71 Å². The van der Waals surface area contributed by atoms with Crippen molar-refractivity contribution in [2.45, 2.75) is 23.3 Å². The van der Waals surface area contributed by atoms with Crippen LogP contribution in [0, 0.1) is 0 Å². The summed E-state index contributed by atoms with van der Waals surface area (Å²) in [6.07, 6.45) is 0. The van der Waals surface area contributed by atoms with E-state index < -0.39 is 26.0 Å². The summed E-state index contributed by atoms with van der Waals surface area (Å²) in [4.78, 5) is 17.6. The number of thiazole rings is 1. The van der Waals surface area contributed by atoms with Crippen molar-refractivity contribution in [3.8, 4) is 5.75 Å². The van der Waals surface area contributed by atoms with Gasteiger partial charge >= 0.3 is 0 Å². The first kappa shape index (κ1) is 28.4. The number of anilines is 1. The van der Waals surface area contributed by atoms with Gasteiger partial charge in [0.1, 0.15) is 5.75 Å². The van der Waals surface area contributed by atoms with Crippen LogP contribution in [0.2, 0.25) is 0 Å². The van der Waals surface area contributed by atoms with Crippen LogP contribution in [0.5, 0.6) is 5.75 Å². The summed E-state index contributed by atoms with van der Waals surface area (Å²) in [6.45, 7) is 3.13. The Hall–Kier alpha value is -3.56. The molecule has 0 aliphatic heterocycles. The lowest BCUT2D eigenvalue weighted by molar-refractivity contribution is 0.0996. The highest BCUT2D eigenvalue weighted by Crippen LogP contribution is 2.22. The second-order valence-corrected chi connectivity index (χ2v) is 12.4. The van der Waals surface area contributed by atoms with Crippen LogP contribution < -0.4 is 19.4 Å². The van der Waals surface area contributed by atoms with Gasteiger partial charge in [-0.2, -0.15) is 4.99 Å². The Balaban J connectivity index is 1.61. The molecular weight excluding hydrogens is 564 g/mol. The lowest BCUT2D eigenvalue weighted by atomic mass is 10.2. The molecule has 4 rings (SSSR count). The number of amides is 1. The monoisotopic (exact) mass is 590 g/mol. The molecule has 0 saturated carbocycles. The molecule has 3 aromatic carbocycles. The third kappa shape index (κ3) is 6.72. The van der Waals surface area contributed by atoms with E-state index in [0.717, 1.165) is 11.3 Å². The van der Waals surface area contributed by atoms with Crippen LogP contribution in [0.3, 0.4) is 0 Å². The lowest BCUT2D eigenvalue weighted by Crippen LogP contribution is -2.20. The van der Waals surface area contributed by atoms with Crippen LogP contribution in [0.4, 0.5) is 5.69 Å². The Bertz CT molecular complexity index is 1780. The first-order valence-electron chi connectivity index (χ1n) is 11.6. The second-order valence-electron chi connectivity index (χ2n) is 8.18. The first-order chi connectivity index (χ1) is 18.5. The molecule has 0 aliphatic rings. The van der Waals surface area contributed by atoms with Crippen molar-refractivity contribution in [1.29, 1.82) is 0 Å². The number of methoxy groups -OCH3 is 1. The van der Waals surface area contributed by atoms with E-state index in [9.17, 15) is 21.6 Å². The van der Waals surface area contributed by atoms with Crippen LogP contribution in [-0.4, -0.2) is 47.6 Å². The number of rotatable bonds is 10. The van der Waals surface area contributed by atoms with E-state index in [1.807, 2.05) is 6.92 Å². The van der Waals surface area contributed by atoms with Crippen LogP contribution in [-0.2, 0) is 31.3 Å². The summed E-state index contributed by atoms with van der Waals surface area (Å²) in [5, 5.41) is 5.27. The van der Waals surface area contributed by atoms with Gasteiger partial charge in [-0.25, -0.2) is 22.0 Å². The molecule has 0 spiro atoms. The molecule has 11 nitrogen and oxygen atoms in total. The smallest absolute Gasteiger partial charge is 0.279 e. The zero-order valence-electron chi connectivity index (χ0n) is 21.0. The van der Waals surface area contributed by atoms with Crippen molar-refractivity contribution in [3.05, 3.63) is 77.1 Å². The molecule has 1 heterocycles. The summed E-state index contributed by atoms with van der Waals surface area (Å²) in [6, 6.07) is 16.3. The zero-order chi connectivity index (χ0) is 28.2. The number of sulfonamides is 2. The van der Waals surface area contributed by atoms with Crippen molar-refractivity contribution < 1.29 is 31.1 Å². The molecule has 0 unspecified atom stereocenters. The number of nitrogens with zero attached hydrogens (tertiary/aromatic N) is 2. The number of carbonyl (C=O) groups is 1. The molecule has 0 bridgehead atoms. The van der Waals surface area contributed by atoms with E-state index in [1.165, 1.54) is 55.6 Å². The molecule has 0 aliphatic carbocycles. The van der Waals surface area contributed by atoms with Gasteiger partial charge in [-0.1, -0.05) is 11.3 Å². The van der Waals surface area contributed by atoms with E-state index >= 15 is 0 Å². The number of benzene rings is 3. The Kier molecular flexibility index (Phi) is 8.51. The van der Waals surface area contributed by atoms with Gasteiger partial charge in [0.25, 0.3) is 15.9 Å². The Labute approximate surface area is 229 Å². The average molecular weight is 591 g/mol. The quantitative estimate of drug-likeness (QED) is 0.269. The van der Waals surface area contributed by atoms with Crippen molar-refractivity contribution >= 4 is 53.2 Å². The number of nitrogens with one attached hydrogen (secondary N) is 1. The highest BCUT2D eigenvalue weighted by Gasteiger charge is 2.16. The van der Waals surface area contributed by atoms with Gasteiger partial charge in [-0.3, -0.25) is 9.52 Å². The van der Waals surface area contributed by atoms with Crippen LogP contribution in [0.15, 0.2) is 81.5 Å². The van der Waals surface area contributed by atoms with Crippen molar-refractivity contribution in [3.63, 3.8) is 0 Å². The molecule has 0 fully saturated rings. The number of carbonyl (C=O) groups excluding carboxylic acids is 1. The molecule has 0 atom stereocenters. The van der Waals surface area contributed by atoms with Gasteiger partial charge in [0, 0.05) is 24.4 Å². The number of nitrogens with two attached hydrogens (primary N) is 1. The third-order valence-electron chi connectivity index (χ3n) is 5.60. The normalized spacial score (nSPS) is 12.5. The van der Waals surface area contributed by atoms with Crippen LogP contribution in [0.1, 0.15) is 17.3 Å². The molecule has 206 valence electrons. The summed E-state index contributed by atoms with van der Waals surface area (Å²) in [5.41, 5.74) is 1.19. The summed E-state index contributed by atoms with van der Waals surface area (Å²) in [5.74, 6) is -0.0220. The topological polar surface area (TPSA) is 159 Å². The predicted octanol–water partition coefficient (Wildman–Crippen LogP) is 2.94. The fourth-order valence-electron chi connectivity index (χ4n) is 3.63. The lowest BCUT2D eigenvalue weighted by Gasteiger charge is -2.09. The van der Waals surface area contributed by atoms with Gasteiger partial charge in [0.15, 0.2) is 4.80 Å². The largest absolute Gasteiger partial charge is 0.497 e. The zero-order valence-corrected chi connectivity index (χ0v) is 23.5. The molecule has 0 radical (unpaired) electrons. The molecule has 14 heteroatoms. The summed E-state index contributed by atoms with van der Waals surface area (Å²) < 4.78 is 64.3. The Morgan fingerprint density at radius 3 is 2.28 bits per heavy atom. The second kappa shape index (κ2) is 11.7. The Morgan fingerprint density at radius 2 is 1.67 bits per heavy atom. The van der Waals surface area contributed by atoms with Gasteiger partial charge < -0.3 is 14.0 Å². The third-order valence-corrected chi connectivity index (χ3v) is 8.95. The van der Waals surface area contributed by atoms with Gasteiger partial charge in [0.2, 0.25) is 10.0 Å². The minimum absolute atomic E-state index is 0.0428.